The Labute approximate surface area is 207 Å². The highest BCUT2D eigenvalue weighted by Crippen LogP contribution is 2.33. The number of nitrogens with zero attached hydrogens (tertiary/aromatic N) is 2. The predicted molar refractivity (Wildman–Crippen MR) is 131 cm³/mol. The van der Waals surface area contributed by atoms with E-state index in [1.165, 1.54) is 16.4 Å². The summed E-state index contributed by atoms with van der Waals surface area (Å²) in [5.74, 6) is 2.10. The van der Waals surface area contributed by atoms with Gasteiger partial charge in [0.15, 0.2) is 17.6 Å². The fourth-order valence-electron chi connectivity index (χ4n) is 3.97. The molecule has 2 heterocycles. The molecule has 9 nitrogen and oxygen atoms in total. The summed E-state index contributed by atoms with van der Waals surface area (Å²) in [6.45, 7) is 9.35. The molecule has 1 N–H and O–H groups in total. The first kappa shape index (κ1) is 25.3. The molecule has 1 fully saturated rings. The number of piperazine rings is 1. The smallest absolute Gasteiger partial charge is 0.260 e. The molecule has 190 valence electrons. The standard InChI is InChI=1S/C25H33N3O6S/c1-18(2)15-26-25(29)19(3)34-21-5-7-22(8-6-21)35(30,31)28-12-10-27(11-13-28)16-20-4-9-23-24(14-20)33-17-32-23/h4-9,14,18-19H,10-13,15-17H2,1-3H3,(H,26,29)/t19-/m1/s1. The number of carbonyl (C=O) groups excluding carboxylic acids is 1. The van der Waals surface area contributed by atoms with Gasteiger partial charge in [0.05, 0.1) is 4.90 Å². The zero-order valence-electron chi connectivity index (χ0n) is 20.4. The third-order valence-electron chi connectivity index (χ3n) is 6.00. The van der Waals surface area contributed by atoms with E-state index < -0.39 is 16.1 Å². The number of hydrogen-bond donors (Lipinski definition) is 1. The van der Waals surface area contributed by atoms with Crippen molar-refractivity contribution in [3.63, 3.8) is 0 Å². The third-order valence-corrected chi connectivity index (χ3v) is 7.92. The molecule has 1 atom stereocenters. The summed E-state index contributed by atoms with van der Waals surface area (Å²) >= 11 is 0. The van der Waals surface area contributed by atoms with E-state index in [-0.39, 0.29) is 17.6 Å². The van der Waals surface area contributed by atoms with E-state index in [0.717, 1.165) is 23.6 Å². The summed E-state index contributed by atoms with van der Waals surface area (Å²) in [5.41, 5.74) is 1.10. The lowest BCUT2D eigenvalue weighted by Gasteiger charge is -2.34. The first-order valence-corrected chi connectivity index (χ1v) is 13.3. The Balaban J connectivity index is 1.30. The summed E-state index contributed by atoms with van der Waals surface area (Å²) in [4.78, 5) is 14.6. The lowest BCUT2D eigenvalue weighted by atomic mass is 10.2. The molecule has 0 aliphatic carbocycles. The number of benzene rings is 2. The van der Waals surface area contributed by atoms with Crippen LogP contribution in [-0.2, 0) is 21.4 Å². The van der Waals surface area contributed by atoms with Crippen LogP contribution in [0.15, 0.2) is 47.4 Å². The molecular weight excluding hydrogens is 470 g/mol. The van der Waals surface area contributed by atoms with Crippen LogP contribution >= 0.6 is 0 Å². The summed E-state index contributed by atoms with van der Waals surface area (Å²) < 4.78 is 44.3. The van der Waals surface area contributed by atoms with Crippen molar-refractivity contribution in [1.29, 1.82) is 0 Å². The van der Waals surface area contributed by atoms with Gasteiger partial charge in [-0.1, -0.05) is 19.9 Å². The number of hydrogen-bond acceptors (Lipinski definition) is 7. The molecule has 35 heavy (non-hydrogen) atoms. The minimum atomic E-state index is -3.61. The van der Waals surface area contributed by atoms with Crippen LogP contribution in [0.1, 0.15) is 26.3 Å². The molecule has 2 aliphatic rings. The number of fused-ring (bicyclic) bond motifs is 1. The second-order valence-electron chi connectivity index (χ2n) is 9.24. The van der Waals surface area contributed by atoms with Gasteiger partial charge in [0.25, 0.3) is 5.91 Å². The van der Waals surface area contributed by atoms with Gasteiger partial charge in [-0.2, -0.15) is 4.31 Å². The summed E-state index contributed by atoms with van der Waals surface area (Å²) in [7, 11) is -3.61. The zero-order valence-corrected chi connectivity index (χ0v) is 21.2. The van der Waals surface area contributed by atoms with E-state index in [0.29, 0.717) is 44.4 Å². The lowest BCUT2D eigenvalue weighted by Crippen LogP contribution is -2.48. The maximum atomic E-state index is 13.1. The van der Waals surface area contributed by atoms with E-state index >= 15 is 0 Å². The van der Waals surface area contributed by atoms with Crippen LogP contribution in [0.2, 0.25) is 0 Å². The number of ether oxygens (including phenoxy) is 3. The van der Waals surface area contributed by atoms with Gasteiger partial charge in [-0.3, -0.25) is 9.69 Å². The quantitative estimate of drug-likeness (QED) is 0.561. The van der Waals surface area contributed by atoms with Crippen LogP contribution in [0.3, 0.4) is 0 Å². The molecule has 1 amide bonds. The lowest BCUT2D eigenvalue weighted by molar-refractivity contribution is -0.127. The van der Waals surface area contributed by atoms with E-state index in [4.69, 9.17) is 14.2 Å². The van der Waals surface area contributed by atoms with E-state index in [1.54, 1.807) is 19.1 Å². The molecular formula is C25H33N3O6S. The van der Waals surface area contributed by atoms with Crippen LogP contribution < -0.4 is 19.5 Å². The molecule has 2 aromatic rings. The van der Waals surface area contributed by atoms with Gasteiger partial charge in [-0.15, -0.1) is 0 Å². The maximum Gasteiger partial charge on any atom is 0.260 e. The second-order valence-corrected chi connectivity index (χ2v) is 11.2. The topological polar surface area (TPSA) is 97.4 Å². The van der Waals surface area contributed by atoms with Crippen molar-refractivity contribution in [1.82, 2.24) is 14.5 Å². The number of sulfonamides is 1. The van der Waals surface area contributed by atoms with Gasteiger partial charge < -0.3 is 19.5 Å². The van der Waals surface area contributed by atoms with Crippen molar-refractivity contribution < 1.29 is 27.4 Å². The zero-order chi connectivity index (χ0) is 25.0. The van der Waals surface area contributed by atoms with Crippen LogP contribution in [0.25, 0.3) is 0 Å². The molecule has 2 aromatic carbocycles. The summed E-state index contributed by atoms with van der Waals surface area (Å²) in [5, 5.41) is 2.83. The number of carbonyl (C=O) groups is 1. The van der Waals surface area contributed by atoms with Crippen LogP contribution in [-0.4, -0.2) is 69.2 Å². The van der Waals surface area contributed by atoms with Crippen molar-refractivity contribution in [3.05, 3.63) is 48.0 Å². The van der Waals surface area contributed by atoms with Gasteiger partial charge in [-0.05, 0) is 54.8 Å². The van der Waals surface area contributed by atoms with Crippen molar-refractivity contribution in [2.45, 2.75) is 38.3 Å². The molecule has 0 aromatic heterocycles. The first-order chi connectivity index (χ1) is 16.7. The van der Waals surface area contributed by atoms with E-state index in [9.17, 15) is 13.2 Å². The molecule has 0 unspecified atom stereocenters. The Kier molecular flexibility index (Phi) is 7.83. The molecule has 2 aliphatic heterocycles. The maximum absolute atomic E-state index is 13.1. The highest BCUT2D eigenvalue weighted by Gasteiger charge is 2.29. The monoisotopic (exact) mass is 503 g/mol. The van der Waals surface area contributed by atoms with Crippen molar-refractivity contribution in [3.8, 4) is 17.2 Å². The molecule has 4 rings (SSSR count). The minimum Gasteiger partial charge on any atom is -0.481 e. The Bertz CT molecular complexity index is 1130. The Morgan fingerprint density at radius 2 is 1.69 bits per heavy atom. The molecule has 0 saturated carbocycles. The summed E-state index contributed by atoms with van der Waals surface area (Å²) in [6.07, 6.45) is -0.672. The van der Waals surface area contributed by atoms with Gasteiger partial charge in [0.1, 0.15) is 5.75 Å². The normalized spacial score (nSPS) is 17.4. The highest BCUT2D eigenvalue weighted by atomic mass is 32.2. The SMILES string of the molecule is CC(C)CNC(=O)[C@@H](C)Oc1ccc(S(=O)(=O)N2CCN(Cc3ccc4c(c3)OCO4)CC2)cc1. The average Bonchev–Trinajstić information content (AvgIpc) is 3.31. The fraction of sp³-hybridized carbons (Fsp3) is 0.480. The minimum absolute atomic E-state index is 0.200. The van der Waals surface area contributed by atoms with Gasteiger partial charge in [0.2, 0.25) is 16.8 Å². The second kappa shape index (κ2) is 10.8. The molecule has 0 spiro atoms. The molecule has 10 heteroatoms. The van der Waals surface area contributed by atoms with Gasteiger partial charge >= 0.3 is 0 Å². The van der Waals surface area contributed by atoms with Crippen LogP contribution in [0, 0.1) is 5.92 Å². The third kappa shape index (κ3) is 6.25. The predicted octanol–water partition coefficient (Wildman–Crippen LogP) is 2.46. The van der Waals surface area contributed by atoms with Crippen LogP contribution in [0.4, 0.5) is 0 Å². The Morgan fingerprint density at radius 3 is 2.37 bits per heavy atom. The van der Waals surface area contributed by atoms with Gasteiger partial charge in [0, 0.05) is 39.3 Å². The van der Waals surface area contributed by atoms with Crippen molar-refractivity contribution in [2.75, 3.05) is 39.5 Å². The fourth-order valence-corrected chi connectivity index (χ4v) is 5.39. The average molecular weight is 504 g/mol. The molecule has 1 saturated heterocycles. The van der Waals surface area contributed by atoms with Crippen molar-refractivity contribution >= 4 is 15.9 Å². The summed E-state index contributed by atoms with van der Waals surface area (Å²) in [6, 6.07) is 12.1. The van der Waals surface area contributed by atoms with E-state index in [2.05, 4.69) is 10.2 Å². The van der Waals surface area contributed by atoms with Gasteiger partial charge in [-0.25, -0.2) is 8.42 Å². The van der Waals surface area contributed by atoms with E-state index in [1.807, 2.05) is 32.0 Å². The number of nitrogens with one attached hydrogen (secondary N) is 1. The number of amides is 1. The first-order valence-electron chi connectivity index (χ1n) is 11.9. The molecule has 0 radical (unpaired) electrons. The van der Waals surface area contributed by atoms with Crippen molar-refractivity contribution in [2.24, 2.45) is 5.92 Å². The van der Waals surface area contributed by atoms with Crippen LogP contribution in [0.5, 0.6) is 17.2 Å². The number of rotatable bonds is 9. The molecule has 0 bridgehead atoms. The Hall–Kier alpha value is -2.82. The largest absolute Gasteiger partial charge is 0.481 e. The Morgan fingerprint density at radius 1 is 1.00 bits per heavy atom. The highest BCUT2D eigenvalue weighted by molar-refractivity contribution is 7.89.